The van der Waals surface area contributed by atoms with Crippen molar-refractivity contribution in [1.82, 2.24) is 0 Å². The molecule has 0 unspecified atom stereocenters. The van der Waals surface area contributed by atoms with E-state index in [2.05, 4.69) is 145 Å². The summed E-state index contributed by atoms with van der Waals surface area (Å²) >= 11 is 0. The van der Waals surface area contributed by atoms with Crippen LogP contribution in [0.1, 0.15) is 139 Å². The lowest BCUT2D eigenvalue weighted by Gasteiger charge is -2.28. The predicted molar refractivity (Wildman–Crippen MR) is 250 cm³/mol. The molecule has 0 saturated carbocycles. The van der Waals surface area contributed by atoms with Crippen molar-refractivity contribution in [2.75, 3.05) is 0 Å². The van der Waals surface area contributed by atoms with Gasteiger partial charge in [0.1, 0.15) is 0 Å². The maximum Gasteiger partial charge on any atom is 0.394 e. The summed E-state index contributed by atoms with van der Waals surface area (Å²) in [6, 6.07) is 23.5. The van der Waals surface area contributed by atoms with Gasteiger partial charge in [-0.1, -0.05) is 139 Å². The maximum absolute atomic E-state index is 12.8. The summed E-state index contributed by atoms with van der Waals surface area (Å²) in [5.74, 6) is -5.31. The minimum atomic E-state index is -4.17. The number of rotatable bonds is 2. The van der Waals surface area contributed by atoms with E-state index in [4.69, 9.17) is 0 Å². The molecule has 0 atom stereocenters. The van der Waals surface area contributed by atoms with E-state index in [0.717, 1.165) is 36.1 Å². The normalized spacial score (nSPS) is 11.5. The number of alkyl halides is 3. The molecule has 0 saturated heterocycles. The molecule has 5 rings (SSSR count). The third-order valence-corrected chi connectivity index (χ3v) is 11.3. The molecule has 0 heterocycles. The summed E-state index contributed by atoms with van der Waals surface area (Å²) in [6.07, 6.45) is -4.14. The standard InChI is InChI=1S/C15H24.C14H19F3.C10H14.C8H6F4.C8H10/c1-11-8-9-12(14(2,3)4)10-13(11)15(5,6)7;1-9-6-12(7-10(2)11(9)3)8-13(4,5)14(15,16)17;1-7-5-8(2)10(4)9(3)6-7;1-3-5(9)7(11)4(2)8(12)6(3)10;1-7-3-5-8(2)6-4-7/h8-10H,1-7H3;6-7H,8H2,1-5H3;5-6H,1-4H3;1-2H3;3-6H,1-2H3. The number of hydrogen-bond donors (Lipinski definition) is 0. The van der Waals surface area contributed by atoms with E-state index in [-0.39, 0.29) is 17.3 Å². The molecule has 0 aliphatic heterocycles. The topological polar surface area (TPSA) is 0 Å². The number of benzene rings is 5. The first kappa shape index (κ1) is 55.6. The molecular formula is C55H73F7. The van der Waals surface area contributed by atoms with Crippen LogP contribution in [-0.2, 0) is 17.3 Å². The highest BCUT2D eigenvalue weighted by Gasteiger charge is 2.47. The molecular weight excluding hydrogens is 794 g/mol. The molecule has 5 aromatic rings. The van der Waals surface area contributed by atoms with Gasteiger partial charge in [0, 0.05) is 11.1 Å². The Morgan fingerprint density at radius 1 is 0.371 bits per heavy atom. The molecule has 0 N–H and O–H groups in total. The summed E-state index contributed by atoms with van der Waals surface area (Å²) < 4.78 is 89.0. The predicted octanol–water partition coefficient (Wildman–Crippen LogP) is 17.4. The lowest BCUT2D eigenvalue weighted by molar-refractivity contribution is -0.211. The average Bonchev–Trinajstić information content (AvgIpc) is 3.14. The van der Waals surface area contributed by atoms with E-state index in [1.165, 1.54) is 63.9 Å². The van der Waals surface area contributed by atoms with Gasteiger partial charge < -0.3 is 0 Å². The second kappa shape index (κ2) is 22.3. The zero-order valence-electron chi connectivity index (χ0n) is 41.2. The van der Waals surface area contributed by atoms with Gasteiger partial charge >= 0.3 is 6.18 Å². The third kappa shape index (κ3) is 16.4. The zero-order valence-corrected chi connectivity index (χ0v) is 41.2. The van der Waals surface area contributed by atoms with Crippen LogP contribution in [0, 0.1) is 112 Å². The Bertz CT molecular complexity index is 2070. The van der Waals surface area contributed by atoms with Crippen molar-refractivity contribution < 1.29 is 30.7 Å². The fourth-order valence-electron chi connectivity index (χ4n) is 6.47. The zero-order chi connectivity index (χ0) is 48.5. The van der Waals surface area contributed by atoms with Gasteiger partial charge in [-0.15, -0.1) is 0 Å². The second-order valence-corrected chi connectivity index (χ2v) is 19.6. The van der Waals surface area contributed by atoms with Gasteiger partial charge in [0.15, 0.2) is 23.3 Å². The molecule has 0 aliphatic carbocycles. The van der Waals surface area contributed by atoms with Crippen LogP contribution < -0.4 is 0 Å². The molecule has 0 aromatic heterocycles. The Balaban J connectivity index is 0.000000396. The van der Waals surface area contributed by atoms with E-state index < -0.39 is 46.0 Å². The molecule has 0 nitrogen and oxygen atoms in total. The summed E-state index contributed by atoms with van der Waals surface area (Å²) in [7, 11) is 0. The summed E-state index contributed by atoms with van der Waals surface area (Å²) in [4.78, 5) is 0. The largest absolute Gasteiger partial charge is 0.394 e. The van der Waals surface area contributed by atoms with Gasteiger partial charge in [-0.25, -0.2) is 17.6 Å². The molecule has 342 valence electrons. The summed E-state index contributed by atoms with van der Waals surface area (Å²) in [6.45, 7) is 39.0. The third-order valence-electron chi connectivity index (χ3n) is 11.3. The molecule has 0 fully saturated rings. The highest BCUT2D eigenvalue weighted by molar-refractivity contribution is 5.39. The van der Waals surface area contributed by atoms with E-state index in [0.29, 0.717) is 0 Å². The van der Waals surface area contributed by atoms with Gasteiger partial charge in [0.25, 0.3) is 0 Å². The minimum Gasteiger partial charge on any atom is -0.203 e. The Morgan fingerprint density at radius 3 is 1.02 bits per heavy atom. The van der Waals surface area contributed by atoms with Crippen LogP contribution in [-0.4, -0.2) is 6.18 Å². The highest BCUT2D eigenvalue weighted by atomic mass is 19.4. The van der Waals surface area contributed by atoms with Gasteiger partial charge in [-0.3, -0.25) is 0 Å². The minimum absolute atomic E-state index is 0.0262. The first-order chi connectivity index (χ1) is 28.0. The summed E-state index contributed by atoms with van der Waals surface area (Å²) in [5, 5.41) is 0. The fourth-order valence-corrected chi connectivity index (χ4v) is 6.47. The lowest BCUT2D eigenvalue weighted by Crippen LogP contribution is -2.34. The second-order valence-electron chi connectivity index (χ2n) is 19.6. The number of halogens is 7. The van der Waals surface area contributed by atoms with Gasteiger partial charge in [-0.05, 0) is 156 Å². The Labute approximate surface area is 370 Å². The van der Waals surface area contributed by atoms with Crippen molar-refractivity contribution in [2.45, 2.75) is 162 Å². The van der Waals surface area contributed by atoms with E-state index in [1.807, 2.05) is 32.9 Å². The average molecular weight is 867 g/mol. The molecule has 0 aliphatic rings. The molecule has 62 heavy (non-hydrogen) atoms. The molecule has 7 heteroatoms. The summed E-state index contributed by atoms with van der Waals surface area (Å²) in [5.41, 5.74) is 14.1. The molecule has 5 aromatic carbocycles. The van der Waals surface area contributed by atoms with Crippen molar-refractivity contribution >= 4 is 0 Å². The van der Waals surface area contributed by atoms with Gasteiger partial charge in [-0.2, -0.15) is 13.2 Å². The SMILES string of the molecule is Cc1c(F)c(F)c(C)c(F)c1F.Cc1cc(C)c(C)c(C)c1.Cc1cc(CC(C)(C)C(F)(F)F)cc(C)c1C.Cc1ccc(C(C)(C)C)cc1C(C)(C)C.Cc1ccc(C)cc1. The Kier molecular flexibility index (Phi) is 20.0. The van der Waals surface area contributed by atoms with Crippen LogP contribution in [0.25, 0.3) is 0 Å². The van der Waals surface area contributed by atoms with Gasteiger partial charge in [0.2, 0.25) is 0 Å². The van der Waals surface area contributed by atoms with Crippen molar-refractivity contribution in [1.29, 1.82) is 0 Å². The van der Waals surface area contributed by atoms with Crippen LogP contribution in [0.3, 0.4) is 0 Å². The van der Waals surface area contributed by atoms with Crippen LogP contribution in [0.4, 0.5) is 30.7 Å². The van der Waals surface area contributed by atoms with Crippen molar-refractivity contribution in [3.8, 4) is 0 Å². The van der Waals surface area contributed by atoms with Crippen molar-refractivity contribution in [2.24, 2.45) is 5.41 Å². The number of hydrogen-bond acceptors (Lipinski definition) is 0. The Morgan fingerprint density at radius 2 is 0.710 bits per heavy atom. The van der Waals surface area contributed by atoms with Crippen molar-refractivity contribution in [3.05, 3.63) is 173 Å². The van der Waals surface area contributed by atoms with Gasteiger partial charge in [0.05, 0.1) is 5.41 Å². The van der Waals surface area contributed by atoms with Crippen LogP contribution in [0.2, 0.25) is 0 Å². The van der Waals surface area contributed by atoms with E-state index in [9.17, 15) is 30.7 Å². The first-order valence-corrected chi connectivity index (χ1v) is 21.1. The maximum atomic E-state index is 12.8. The van der Waals surface area contributed by atoms with E-state index in [1.54, 1.807) is 0 Å². The van der Waals surface area contributed by atoms with E-state index >= 15 is 0 Å². The first-order valence-electron chi connectivity index (χ1n) is 21.1. The van der Waals surface area contributed by atoms with Crippen molar-refractivity contribution in [3.63, 3.8) is 0 Å². The Hall–Kier alpha value is -4.39. The molecule has 0 radical (unpaired) electrons. The molecule has 0 bridgehead atoms. The quantitative estimate of drug-likeness (QED) is 0.122. The fraction of sp³-hybridized carbons (Fsp3) is 0.455. The van der Waals surface area contributed by atoms with Crippen LogP contribution >= 0.6 is 0 Å². The lowest BCUT2D eigenvalue weighted by atomic mass is 9.79. The molecule has 0 spiro atoms. The number of aryl methyl sites for hydroxylation is 8. The highest BCUT2D eigenvalue weighted by Crippen LogP contribution is 2.40. The van der Waals surface area contributed by atoms with Crippen LogP contribution in [0.5, 0.6) is 0 Å². The smallest absolute Gasteiger partial charge is 0.203 e. The van der Waals surface area contributed by atoms with Crippen LogP contribution in [0.15, 0.2) is 66.7 Å². The molecule has 0 amide bonds. The monoisotopic (exact) mass is 867 g/mol.